The van der Waals surface area contributed by atoms with Crippen LogP contribution in [0.5, 0.6) is 0 Å². The van der Waals surface area contributed by atoms with Gasteiger partial charge < -0.3 is 5.32 Å². The van der Waals surface area contributed by atoms with Crippen molar-refractivity contribution in [3.63, 3.8) is 0 Å². The maximum Gasteiger partial charge on any atom is 0.164 e. The first kappa shape index (κ1) is 12.3. The molecule has 1 heterocycles. The summed E-state index contributed by atoms with van der Waals surface area (Å²) in [6.07, 6.45) is 1.77. The first-order chi connectivity index (χ1) is 8.29. The highest BCUT2D eigenvalue weighted by Crippen LogP contribution is 2.16. The highest BCUT2D eigenvalue weighted by molar-refractivity contribution is 9.10. The van der Waals surface area contributed by atoms with Crippen LogP contribution in [0.4, 0.5) is 0 Å². The molecule has 1 aromatic carbocycles. The Balaban J connectivity index is 2.04. The summed E-state index contributed by atoms with van der Waals surface area (Å²) in [7, 11) is 0. The molecule has 0 atom stereocenters. The van der Waals surface area contributed by atoms with Crippen LogP contribution in [0.2, 0.25) is 0 Å². The van der Waals surface area contributed by atoms with E-state index in [0.717, 1.165) is 29.9 Å². The van der Waals surface area contributed by atoms with Gasteiger partial charge in [0.2, 0.25) is 0 Å². The van der Waals surface area contributed by atoms with Gasteiger partial charge in [0.1, 0.15) is 6.33 Å². The Morgan fingerprint density at radius 2 is 2.18 bits per heavy atom. The fourth-order valence-electron chi connectivity index (χ4n) is 1.53. The molecule has 0 saturated carbocycles. The number of rotatable bonds is 5. The Kier molecular flexibility index (Phi) is 4.28. The molecule has 0 unspecified atom stereocenters. The SMILES string of the molecule is CCNCc1ncn(Cc2ccccc2Br)n1. The number of benzene rings is 1. The Hall–Kier alpha value is -1.20. The van der Waals surface area contributed by atoms with Gasteiger partial charge in [-0.2, -0.15) is 5.10 Å². The minimum Gasteiger partial charge on any atom is -0.310 e. The molecule has 0 aliphatic carbocycles. The molecule has 2 aromatic rings. The van der Waals surface area contributed by atoms with E-state index < -0.39 is 0 Å². The molecule has 0 amide bonds. The first-order valence-electron chi connectivity index (χ1n) is 5.62. The third-order valence-electron chi connectivity index (χ3n) is 2.41. The van der Waals surface area contributed by atoms with Crippen molar-refractivity contribution in [2.24, 2.45) is 0 Å². The smallest absolute Gasteiger partial charge is 0.164 e. The molecule has 0 saturated heterocycles. The highest BCUT2D eigenvalue weighted by atomic mass is 79.9. The molecule has 4 nitrogen and oxygen atoms in total. The number of hydrogen-bond donors (Lipinski definition) is 1. The molecule has 2 rings (SSSR count). The maximum absolute atomic E-state index is 4.41. The molecule has 1 N–H and O–H groups in total. The van der Waals surface area contributed by atoms with Gasteiger partial charge >= 0.3 is 0 Å². The van der Waals surface area contributed by atoms with Gasteiger partial charge in [-0.15, -0.1) is 0 Å². The first-order valence-corrected chi connectivity index (χ1v) is 6.41. The van der Waals surface area contributed by atoms with Crippen molar-refractivity contribution in [3.05, 3.63) is 46.5 Å². The predicted octanol–water partition coefficient (Wildman–Crippen LogP) is 2.20. The zero-order valence-electron chi connectivity index (χ0n) is 9.73. The van der Waals surface area contributed by atoms with E-state index in [1.807, 2.05) is 22.9 Å². The Morgan fingerprint density at radius 3 is 2.94 bits per heavy atom. The third kappa shape index (κ3) is 3.38. The largest absolute Gasteiger partial charge is 0.310 e. The number of nitrogens with one attached hydrogen (secondary N) is 1. The predicted molar refractivity (Wildman–Crippen MR) is 70.6 cm³/mol. The Morgan fingerprint density at radius 1 is 1.35 bits per heavy atom. The van der Waals surface area contributed by atoms with E-state index in [-0.39, 0.29) is 0 Å². The number of nitrogens with zero attached hydrogens (tertiary/aromatic N) is 3. The Bertz CT molecular complexity index is 481. The normalized spacial score (nSPS) is 10.7. The summed E-state index contributed by atoms with van der Waals surface area (Å²) in [5.41, 5.74) is 1.20. The van der Waals surface area contributed by atoms with Gasteiger partial charge in [-0.3, -0.25) is 0 Å². The summed E-state index contributed by atoms with van der Waals surface area (Å²) in [5.74, 6) is 0.832. The van der Waals surface area contributed by atoms with Crippen LogP contribution in [0.1, 0.15) is 18.3 Å². The van der Waals surface area contributed by atoms with Gasteiger partial charge in [0.15, 0.2) is 5.82 Å². The molecule has 0 fully saturated rings. The summed E-state index contributed by atoms with van der Waals surface area (Å²) >= 11 is 3.53. The summed E-state index contributed by atoms with van der Waals surface area (Å²) in [6, 6.07) is 8.14. The van der Waals surface area contributed by atoms with Crippen LogP contribution in [0, 0.1) is 0 Å². The topological polar surface area (TPSA) is 42.7 Å². The molecule has 17 heavy (non-hydrogen) atoms. The third-order valence-corrected chi connectivity index (χ3v) is 3.18. The van der Waals surface area contributed by atoms with Crippen LogP contribution in [0.25, 0.3) is 0 Å². The van der Waals surface area contributed by atoms with Gasteiger partial charge in [0.25, 0.3) is 0 Å². The lowest BCUT2D eigenvalue weighted by Gasteiger charge is -2.03. The highest BCUT2D eigenvalue weighted by Gasteiger charge is 2.03. The minimum absolute atomic E-state index is 0.722. The number of halogens is 1. The van der Waals surface area contributed by atoms with Crippen molar-refractivity contribution in [2.45, 2.75) is 20.0 Å². The van der Waals surface area contributed by atoms with E-state index in [1.165, 1.54) is 5.56 Å². The van der Waals surface area contributed by atoms with Crippen LogP contribution in [0.15, 0.2) is 35.1 Å². The van der Waals surface area contributed by atoms with E-state index in [4.69, 9.17) is 0 Å². The molecule has 1 aromatic heterocycles. The van der Waals surface area contributed by atoms with Gasteiger partial charge in [0, 0.05) is 4.47 Å². The van der Waals surface area contributed by atoms with Crippen molar-refractivity contribution in [2.75, 3.05) is 6.54 Å². The van der Waals surface area contributed by atoms with Crippen molar-refractivity contribution < 1.29 is 0 Å². The molecular formula is C12H15BrN4. The summed E-state index contributed by atoms with van der Waals surface area (Å²) < 4.78 is 2.95. The van der Waals surface area contributed by atoms with Crippen LogP contribution in [-0.2, 0) is 13.1 Å². The molecule has 0 aliphatic heterocycles. The summed E-state index contributed by atoms with van der Waals surface area (Å²) in [5, 5.41) is 7.61. The second-order valence-corrected chi connectivity index (χ2v) is 4.58. The van der Waals surface area contributed by atoms with Crippen LogP contribution < -0.4 is 5.32 Å². The second-order valence-electron chi connectivity index (χ2n) is 3.73. The lowest BCUT2D eigenvalue weighted by Crippen LogP contribution is -2.13. The second kappa shape index (κ2) is 5.93. The van der Waals surface area contributed by atoms with E-state index in [1.54, 1.807) is 6.33 Å². The van der Waals surface area contributed by atoms with E-state index in [2.05, 4.69) is 44.3 Å². The minimum atomic E-state index is 0.722. The quantitative estimate of drug-likeness (QED) is 0.919. The van der Waals surface area contributed by atoms with E-state index in [9.17, 15) is 0 Å². The Labute approximate surface area is 109 Å². The number of aromatic nitrogens is 3. The average Bonchev–Trinajstić information content (AvgIpc) is 2.77. The van der Waals surface area contributed by atoms with Crippen molar-refractivity contribution >= 4 is 15.9 Å². The van der Waals surface area contributed by atoms with Gasteiger partial charge in [-0.25, -0.2) is 9.67 Å². The van der Waals surface area contributed by atoms with E-state index in [0.29, 0.717) is 0 Å². The van der Waals surface area contributed by atoms with Gasteiger partial charge in [0.05, 0.1) is 13.1 Å². The van der Waals surface area contributed by atoms with Crippen molar-refractivity contribution in [1.29, 1.82) is 0 Å². The summed E-state index contributed by atoms with van der Waals surface area (Å²) in [4.78, 5) is 4.25. The van der Waals surface area contributed by atoms with Crippen LogP contribution in [-0.4, -0.2) is 21.3 Å². The van der Waals surface area contributed by atoms with E-state index >= 15 is 0 Å². The lowest BCUT2D eigenvalue weighted by molar-refractivity contribution is 0.642. The standard InChI is InChI=1S/C12H15BrN4/c1-2-14-7-12-15-9-17(16-12)8-10-5-3-4-6-11(10)13/h3-6,9,14H,2,7-8H2,1H3. The van der Waals surface area contributed by atoms with Gasteiger partial charge in [-0.1, -0.05) is 41.1 Å². The number of hydrogen-bond acceptors (Lipinski definition) is 3. The monoisotopic (exact) mass is 294 g/mol. The van der Waals surface area contributed by atoms with Crippen LogP contribution in [0.3, 0.4) is 0 Å². The lowest BCUT2D eigenvalue weighted by atomic mass is 10.2. The fourth-order valence-corrected chi connectivity index (χ4v) is 1.94. The zero-order chi connectivity index (χ0) is 12.1. The van der Waals surface area contributed by atoms with Crippen LogP contribution >= 0.6 is 15.9 Å². The fraction of sp³-hybridized carbons (Fsp3) is 0.333. The molecule has 0 bridgehead atoms. The molecule has 5 heteroatoms. The molecule has 0 aliphatic rings. The molecular weight excluding hydrogens is 280 g/mol. The van der Waals surface area contributed by atoms with Crippen molar-refractivity contribution in [1.82, 2.24) is 20.1 Å². The molecule has 0 radical (unpaired) electrons. The molecule has 0 spiro atoms. The van der Waals surface area contributed by atoms with Gasteiger partial charge in [-0.05, 0) is 18.2 Å². The summed E-state index contributed by atoms with van der Waals surface area (Å²) in [6.45, 7) is 4.46. The molecule has 90 valence electrons. The average molecular weight is 295 g/mol. The van der Waals surface area contributed by atoms with Crippen molar-refractivity contribution in [3.8, 4) is 0 Å². The maximum atomic E-state index is 4.41. The zero-order valence-corrected chi connectivity index (χ0v) is 11.3.